The maximum atomic E-state index is 5.84. The standard InChI is InChI=1S/C16H16N2O3/c1-2-12(1)18-8-11-5-14(9-17-7-11)21-13-3-4-15-16(6-13)20-10-19-15/h3-7,9,12,18H,1-2,8,10H2. The Morgan fingerprint density at radius 1 is 1.10 bits per heavy atom. The zero-order chi connectivity index (χ0) is 14.1. The molecule has 4 rings (SSSR count). The first-order valence-electron chi connectivity index (χ1n) is 7.12. The molecule has 1 aromatic heterocycles. The highest BCUT2D eigenvalue weighted by Crippen LogP contribution is 2.36. The number of nitrogens with zero attached hydrogens (tertiary/aromatic N) is 1. The van der Waals surface area contributed by atoms with Crippen molar-refractivity contribution in [3.8, 4) is 23.0 Å². The molecule has 1 fully saturated rings. The van der Waals surface area contributed by atoms with Crippen molar-refractivity contribution < 1.29 is 14.2 Å². The number of benzene rings is 1. The first-order valence-corrected chi connectivity index (χ1v) is 7.12. The lowest BCUT2D eigenvalue weighted by Crippen LogP contribution is -2.15. The molecule has 0 amide bonds. The van der Waals surface area contributed by atoms with Crippen LogP contribution in [0.15, 0.2) is 36.7 Å². The van der Waals surface area contributed by atoms with Gasteiger partial charge in [0.15, 0.2) is 11.5 Å². The Hall–Kier alpha value is -2.27. The van der Waals surface area contributed by atoms with Gasteiger partial charge >= 0.3 is 0 Å². The van der Waals surface area contributed by atoms with Gasteiger partial charge in [-0.15, -0.1) is 0 Å². The lowest BCUT2D eigenvalue weighted by atomic mass is 10.2. The summed E-state index contributed by atoms with van der Waals surface area (Å²) in [6.07, 6.45) is 6.13. The number of ether oxygens (including phenoxy) is 3. The lowest BCUT2D eigenvalue weighted by Gasteiger charge is -2.08. The molecule has 2 aromatic rings. The summed E-state index contributed by atoms with van der Waals surface area (Å²) in [5.74, 6) is 2.91. The van der Waals surface area contributed by atoms with E-state index in [9.17, 15) is 0 Å². The number of hydrogen-bond acceptors (Lipinski definition) is 5. The van der Waals surface area contributed by atoms with Crippen molar-refractivity contribution in [3.63, 3.8) is 0 Å². The van der Waals surface area contributed by atoms with Gasteiger partial charge in [-0.2, -0.15) is 0 Å². The summed E-state index contributed by atoms with van der Waals surface area (Å²) in [4.78, 5) is 4.23. The molecule has 0 radical (unpaired) electrons. The molecule has 21 heavy (non-hydrogen) atoms. The molecule has 0 bridgehead atoms. The molecule has 0 saturated heterocycles. The van der Waals surface area contributed by atoms with Crippen LogP contribution in [0.2, 0.25) is 0 Å². The number of hydrogen-bond donors (Lipinski definition) is 1. The van der Waals surface area contributed by atoms with Gasteiger partial charge in [0.25, 0.3) is 0 Å². The van der Waals surface area contributed by atoms with E-state index in [4.69, 9.17) is 14.2 Å². The van der Waals surface area contributed by atoms with Crippen molar-refractivity contribution >= 4 is 0 Å². The molecule has 1 aliphatic carbocycles. The molecule has 5 heteroatoms. The molecule has 1 saturated carbocycles. The Labute approximate surface area is 122 Å². The van der Waals surface area contributed by atoms with Gasteiger partial charge in [-0.3, -0.25) is 4.98 Å². The number of aromatic nitrogens is 1. The number of fused-ring (bicyclic) bond motifs is 1. The summed E-state index contributed by atoms with van der Waals surface area (Å²) in [6, 6.07) is 8.24. The van der Waals surface area contributed by atoms with Crippen LogP contribution in [0, 0.1) is 0 Å². The Balaban J connectivity index is 1.47. The zero-order valence-corrected chi connectivity index (χ0v) is 11.5. The van der Waals surface area contributed by atoms with Crippen LogP contribution in [-0.2, 0) is 6.54 Å². The Bertz CT molecular complexity index is 656. The van der Waals surface area contributed by atoms with E-state index in [0.29, 0.717) is 17.5 Å². The van der Waals surface area contributed by atoms with E-state index in [0.717, 1.165) is 23.6 Å². The molecule has 2 aliphatic rings. The molecule has 1 aliphatic heterocycles. The highest BCUT2D eigenvalue weighted by Gasteiger charge is 2.20. The molecule has 0 spiro atoms. The Morgan fingerprint density at radius 2 is 2.00 bits per heavy atom. The average Bonchev–Trinajstić information content (AvgIpc) is 3.22. The normalized spacial score (nSPS) is 16.0. The maximum absolute atomic E-state index is 5.84. The Morgan fingerprint density at radius 3 is 2.90 bits per heavy atom. The first kappa shape index (κ1) is 12.5. The molecular weight excluding hydrogens is 268 g/mol. The third-order valence-corrected chi connectivity index (χ3v) is 3.52. The molecule has 0 atom stereocenters. The van der Waals surface area contributed by atoms with Gasteiger partial charge in [0, 0.05) is 24.8 Å². The topological polar surface area (TPSA) is 52.6 Å². The third-order valence-electron chi connectivity index (χ3n) is 3.52. The molecule has 108 valence electrons. The van der Waals surface area contributed by atoms with Crippen molar-refractivity contribution in [1.82, 2.24) is 10.3 Å². The van der Waals surface area contributed by atoms with Crippen LogP contribution < -0.4 is 19.5 Å². The van der Waals surface area contributed by atoms with Gasteiger partial charge in [-0.1, -0.05) is 0 Å². The fourth-order valence-corrected chi connectivity index (χ4v) is 2.24. The molecular formula is C16H16N2O3. The third kappa shape index (κ3) is 2.92. The molecule has 0 unspecified atom stereocenters. The summed E-state index contributed by atoms with van der Waals surface area (Å²) in [5.41, 5.74) is 1.13. The minimum absolute atomic E-state index is 0.267. The van der Waals surface area contributed by atoms with Crippen LogP contribution in [0.5, 0.6) is 23.0 Å². The average molecular weight is 284 g/mol. The molecule has 2 heterocycles. The second kappa shape index (κ2) is 5.26. The zero-order valence-electron chi connectivity index (χ0n) is 11.5. The van der Waals surface area contributed by atoms with Crippen molar-refractivity contribution in [3.05, 3.63) is 42.2 Å². The molecule has 1 aromatic carbocycles. The van der Waals surface area contributed by atoms with Crippen LogP contribution in [0.3, 0.4) is 0 Å². The predicted molar refractivity (Wildman–Crippen MR) is 76.7 cm³/mol. The summed E-state index contributed by atoms with van der Waals surface area (Å²) >= 11 is 0. The van der Waals surface area contributed by atoms with Crippen LogP contribution in [-0.4, -0.2) is 17.8 Å². The van der Waals surface area contributed by atoms with Crippen LogP contribution in [0.1, 0.15) is 18.4 Å². The van der Waals surface area contributed by atoms with E-state index in [1.54, 1.807) is 6.20 Å². The van der Waals surface area contributed by atoms with E-state index in [1.807, 2.05) is 30.5 Å². The SMILES string of the molecule is c1ncc(Oc2ccc3c(c2)OCO3)cc1CNC1CC1. The van der Waals surface area contributed by atoms with E-state index < -0.39 is 0 Å². The van der Waals surface area contributed by atoms with Crippen molar-refractivity contribution in [2.75, 3.05) is 6.79 Å². The summed E-state index contributed by atoms with van der Waals surface area (Å²) in [6.45, 7) is 1.10. The second-order valence-corrected chi connectivity index (χ2v) is 5.30. The fourth-order valence-electron chi connectivity index (χ4n) is 2.24. The van der Waals surface area contributed by atoms with Crippen molar-refractivity contribution in [2.24, 2.45) is 0 Å². The predicted octanol–water partition coefficient (Wildman–Crippen LogP) is 2.85. The monoisotopic (exact) mass is 284 g/mol. The van der Waals surface area contributed by atoms with Gasteiger partial charge in [-0.05, 0) is 36.6 Å². The van der Waals surface area contributed by atoms with Crippen LogP contribution in [0.4, 0.5) is 0 Å². The second-order valence-electron chi connectivity index (χ2n) is 5.30. The lowest BCUT2D eigenvalue weighted by molar-refractivity contribution is 0.174. The fraction of sp³-hybridized carbons (Fsp3) is 0.312. The minimum atomic E-state index is 0.267. The van der Waals surface area contributed by atoms with Gasteiger partial charge in [0.1, 0.15) is 11.5 Å². The van der Waals surface area contributed by atoms with E-state index in [-0.39, 0.29) is 6.79 Å². The number of nitrogens with one attached hydrogen (secondary N) is 1. The van der Waals surface area contributed by atoms with Crippen molar-refractivity contribution in [2.45, 2.75) is 25.4 Å². The van der Waals surface area contributed by atoms with Gasteiger partial charge < -0.3 is 19.5 Å². The maximum Gasteiger partial charge on any atom is 0.231 e. The summed E-state index contributed by atoms with van der Waals surface area (Å²) in [5, 5.41) is 3.47. The first-order chi connectivity index (χ1) is 10.4. The van der Waals surface area contributed by atoms with E-state index >= 15 is 0 Å². The quantitative estimate of drug-likeness (QED) is 0.915. The van der Waals surface area contributed by atoms with Gasteiger partial charge in [-0.25, -0.2) is 0 Å². The smallest absolute Gasteiger partial charge is 0.231 e. The summed E-state index contributed by atoms with van der Waals surface area (Å²) < 4.78 is 16.5. The summed E-state index contributed by atoms with van der Waals surface area (Å²) in [7, 11) is 0. The highest BCUT2D eigenvalue weighted by molar-refractivity contribution is 5.48. The highest BCUT2D eigenvalue weighted by atomic mass is 16.7. The number of pyridine rings is 1. The number of rotatable bonds is 5. The largest absolute Gasteiger partial charge is 0.456 e. The van der Waals surface area contributed by atoms with Crippen molar-refractivity contribution in [1.29, 1.82) is 0 Å². The minimum Gasteiger partial charge on any atom is -0.456 e. The van der Waals surface area contributed by atoms with Crippen LogP contribution >= 0.6 is 0 Å². The van der Waals surface area contributed by atoms with E-state index in [2.05, 4.69) is 10.3 Å². The molecule has 1 N–H and O–H groups in total. The van der Waals surface area contributed by atoms with E-state index in [1.165, 1.54) is 12.8 Å². The van der Waals surface area contributed by atoms with Gasteiger partial charge in [0.2, 0.25) is 6.79 Å². The van der Waals surface area contributed by atoms with Gasteiger partial charge in [0.05, 0.1) is 6.20 Å². The molecule has 5 nitrogen and oxygen atoms in total. The Kier molecular flexibility index (Phi) is 3.12. The van der Waals surface area contributed by atoms with Crippen LogP contribution in [0.25, 0.3) is 0 Å².